The van der Waals surface area contributed by atoms with Gasteiger partial charge >= 0.3 is 11.9 Å². The Morgan fingerprint density at radius 2 is 1.94 bits per heavy atom. The van der Waals surface area contributed by atoms with E-state index in [-0.39, 0.29) is 6.42 Å². The second-order valence-electron chi connectivity index (χ2n) is 11.7. The molecule has 0 spiro atoms. The smallest absolute Gasteiger partial charge is 0.335 e. The molecule has 9 unspecified atom stereocenters. The number of esters is 2. The number of hydrogen-bond donors (Lipinski definition) is 3. The first kappa shape index (κ1) is 23.6. The highest BCUT2D eigenvalue weighted by Crippen LogP contribution is 2.77. The van der Waals surface area contributed by atoms with Crippen molar-refractivity contribution >= 4 is 17.7 Å². The summed E-state index contributed by atoms with van der Waals surface area (Å²) in [6.07, 6.45) is 1.51. The lowest BCUT2D eigenvalue weighted by molar-refractivity contribution is -0.162. The van der Waals surface area contributed by atoms with Crippen LogP contribution in [0.1, 0.15) is 51.7 Å². The van der Waals surface area contributed by atoms with Gasteiger partial charge in [-0.05, 0) is 36.5 Å². The van der Waals surface area contributed by atoms with Crippen LogP contribution in [-0.4, -0.2) is 58.0 Å². The van der Waals surface area contributed by atoms with Crippen LogP contribution in [0, 0.1) is 28.1 Å². The molecule has 9 atom stereocenters. The molecule has 1 aliphatic heterocycles. The van der Waals surface area contributed by atoms with Gasteiger partial charge in [-0.25, -0.2) is 9.59 Å². The average Bonchev–Trinajstić information content (AvgIpc) is 3.46. The van der Waals surface area contributed by atoms with Crippen molar-refractivity contribution < 1.29 is 43.6 Å². The molecule has 4 aliphatic carbocycles. The van der Waals surface area contributed by atoms with Gasteiger partial charge in [-0.15, -0.1) is 0 Å². The quantitative estimate of drug-likeness (QED) is 0.531. The molecule has 36 heavy (non-hydrogen) atoms. The molecule has 2 saturated carbocycles. The third-order valence-electron chi connectivity index (χ3n) is 10.2. The monoisotopic (exact) mass is 498 g/mol. The summed E-state index contributed by atoms with van der Waals surface area (Å²) in [4.78, 5) is 39.1. The molecule has 192 valence electrons. The third-order valence-corrected chi connectivity index (χ3v) is 10.2. The van der Waals surface area contributed by atoms with Crippen LogP contribution in [0.3, 0.4) is 0 Å². The van der Waals surface area contributed by atoms with E-state index < -0.39 is 69.7 Å². The number of aliphatic hydroxyl groups excluding tert-OH is 2. The molecule has 3 N–H and O–H groups in total. The van der Waals surface area contributed by atoms with Gasteiger partial charge in [0.25, 0.3) is 0 Å². The standard InChI is InChI=1S/C27H30O9/c1-24-7-5-13-16(14(24)9-15(28)36-22(24)12-6-8-35-10-12)17-18(29)21(31)25(2)11-27(17,33)26(13,3)20(25)19(30)23(32)34-4/h6,8-10,17-20,22,29-30,33H,5,7,11H2,1-4H3. The number of aliphatic hydroxyl groups is 3. The van der Waals surface area contributed by atoms with Crippen LogP contribution in [-0.2, 0) is 23.9 Å². The Kier molecular flexibility index (Phi) is 4.57. The van der Waals surface area contributed by atoms with E-state index in [9.17, 15) is 29.7 Å². The van der Waals surface area contributed by atoms with Crippen molar-refractivity contribution in [2.45, 2.75) is 63.9 Å². The molecular formula is C27H30O9. The molecule has 1 aromatic rings. The molecule has 9 nitrogen and oxygen atoms in total. The van der Waals surface area contributed by atoms with Gasteiger partial charge < -0.3 is 29.2 Å². The Balaban J connectivity index is 1.60. The number of ether oxygens (including phenoxy) is 2. The summed E-state index contributed by atoms with van der Waals surface area (Å²) in [6.45, 7) is 5.34. The van der Waals surface area contributed by atoms with E-state index in [1.807, 2.05) is 6.92 Å². The van der Waals surface area contributed by atoms with Crippen LogP contribution in [0.5, 0.6) is 0 Å². The van der Waals surface area contributed by atoms with E-state index in [0.29, 0.717) is 29.6 Å². The van der Waals surface area contributed by atoms with Crippen LogP contribution in [0.25, 0.3) is 0 Å². The highest BCUT2D eigenvalue weighted by Gasteiger charge is 2.82. The van der Waals surface area contributed by atoms with E-state index in [1.165, 1.54) is 18.6 Å². The predicted molar refractivity (Wildman–Crippen MR) is 122 cm³/mol. The first-order valence-electron chi connectivity index (χ1n) is 12.3. The third kappa shape index (κ3) is 2.40. The van der Waals surface area contributed by atoms with E-state index in [4.69, 9.17) is 13.9 Å². The normalized spacial score (nSPS) is 45.6. The molecular weight excluding hydrogens is 468 g/mol. The van der Waals surface area contributed by atoms with Crippen molar-refractivity contribution in [2.24, 2.45) is 28.1 Å². The number of rotatable bonds is 3. The number of carbonyl (C=O) groups is 3. The molecule has 0 amide bonds. The summed E-state index contributed by atoms with van der Waals surface area (Å²) >= 11 is 0. The van der Waals surface area contributed by atoms with E-state index in [2.05, 4.69) is 0 Å². The lowest BCUT2D eigenvalue weighted by Crippen LogP contribution is -2.56. The number of cyclic esters (lactones) is 1. The maximum atomic E-state index is 13.7. The lowest BCUT2D eigenvalue weighted by Gasteiger charge is -2.49. The first-order chi connectivity index (χ1) is 16.9. The SMILES string of the molecule is COC(=O)C(O)C1C2(C)CC3(O)C(C4=C(CCC5(C)C4=CC(=O)OC5c4ccoc4)C13C)C(O)C2=O. The first-order valence-corrected chi connectivity index (χ1v) is 12.3. The number of furan rings is 1. The van der Waals surface area contributed by atoms with Gasteiger partial charge in [-0.3, -0.25) is 4.79 Å². The molecule has 0 radical (unpaired) electrons. The summed E-state index contributed by atoms with van der Waals surface area (Å²) in [6, 6.07) is 1.74. The lowest BCUT2D eigenvalue weighted by atomic mass is 9.56. The van der Waals surface area contributed by atoms with Gasteiger partial charge in [0.05, 0.1) is 25.2 Å². The van der Waals surface area contributed by atoms with Gasteiger partial charge in [0, 0.05) is 39.7 Å². The summed E-state index contributed by atoms with van der Waals surface area (Å²) in [7, 11) is 1.16. The minimum Gasteiger partial charge on any atom is -0.472 e. The Hall–Kier alpha value is -2.75. The average molecular weight is 499 g/mol. The molecule has 1 aromatic heterocycles. The molecule has 2 heterocycles. The summed E-state index contributed by atoms with van der Waals surface area (Å²) in [5.74, 6) is -4.02. The topological polar surface area (TPSA) is 144 Å². The Bertz CT molecular complexity index is 1260. The van der Waals surface area contributed by atoms with Gasteiger partial charge in [-0.2, -0.15) is 0 Å². The molecule has 9 heteroatoms. The number of hydrogen-bond acceptors (Lipinski definition) is 9. The molecule has 2 bridgehead atoms. The molecule has 5 aliphatic rings. The van der Waals surface area contributed by atoms with E-state index in [1.54, 1.807) is 19.9 Å². The van der Waals surface area contributed by atoms with Crippen molar-refractivity contribution in [3.63, 3.8) is 0 Å². The van der Waals surface area contributed by atoms with E-state index in [0.717, 1.165) is 12.7 Å². The zero-order chi connectivity index (χ0) is 26.0. The van der Waals surface area contributed by atoms with Gasteiger partial charge in [0.2, 0.25) is 0 Å². The Morgan fingerprint density at radius 1 is 1.22 bits per heavy atom. The zero-order valence-corrected chi connectivity index (χ0v) is 20.6. The fraction of sp³-hybridized carbons (Fsp3) is 0.593. The van der Waals surface area contributed by atoms with Crippen molar-refractivity contribution in [2.75, 3.05) is 7.11 Å². The van der Waals surface area contributed by atoms with Crippen molar-refractivity contribution in [1.29, 1.82) is 0 Å². The number of carbonyl (C=O) groups excluding carboxylic acids is 3. The van der Waals surface area contributed by atoms with E-state index >= 15 is 0 Å². The second kappa shape index (κ2) is 6.96. The zero-order valence-electron chi connectivity index (χ0n) is 20.6. The second-order valence-corrected chi connectivity index (χ2v) is 11.7. The fourth-order valence-electron chi connectivity index (χ4n) is 8.74. The van der Waals surface area contributed by atoms with Crippen molar-refractivity contribution in [3.05, 3.63) is 47.0 Å². The van der Waals surface area contributed by atoms with Gasteiger partial charge in [0.1, 0.15) is 12.2 Å². The predicted octanol–water partition coefficient (Wildman–Crippen LogP) is 1.77. The van der Waals surface area contributed by atoms with Gasteiger partial charge in [0.15, 0.2) is 11.9 Å². The van der Waals surface area contributed by atoms with Gasteiger partial charge in [-0.1, -0.05) is 26.3 Å². The Labute approximate surface area is 207 Å². The molecule has 6 rings (SSSR count). The minimum atomic E-state index is -1.68. The number of ketones is 1. The maximum Gasteiger partial charge on any atom is 0.335 e. The highest BCUT2D eigenvalue weighted by molar-refractivity contribution is 5.95. The number of Topliss-reactive ketones (excluding diaryl/α,β-unsaturated/α-hetero) is 1. The number of methoxy groups -OCH3 is 1. The van der Waals surface area contributed by atoms with Crippen molar-refractivity contribution in [3.8, 4) is 0 Å². The van der Waals surface area contributed by atoms with Crippen LogP contribution in [0.2, 0.25) is 0 Å². The van der Waals surface area contributed by atoms with Crippen LogP contribution >= 0.6 is 0 Å². The fourth-order valence-corrected chi connectivity index (χ4v) is 8.74. The van der Waals surface area contributed by atoms with Crippen molar-refractivity contribution in [1.82, 2.24) is 0 Å². The summed E-state index contributed by atoms with van der Waals surface area (Å²) < 4.78 is 15.8. The summed E-state index contributed by atoms with van der Waals surface area (Å²) in [5, 5.41) is 34.9. The molecule has 0 saturated heterocycles. The van der Waals surface area contributed by atoms with Crippen LogP contribution < -0.4 is 0 Å². The highest BCUT2D eigenvalue weighted by atomic mass is 16.5. The summed E-state index contributed by atoms with van der Waals surface area (Å²) in [5.41, 5.74) is -2.23. The largest absolute Gasteiger partial charge is 0.472 e. The minimum absolute atomic E-state index is 0.0254. The van der Waals surface area contributed by atoms with Crippen LogP contribution in [0.4, 0.5) is 0 Å². The molecule has 0 aromatic carbocycles. The number of fused-ring (bicyclic) bond motifs is 5. The maximum absolute atomic E-state index is 13.7. The van der Waals surface area contributed by atoms with Crippen LogP contribution in [0.15, 0.2) is 45.8 Å². The molecule has 2 fully saturated rings. The Morgan fingerprint density at radius 3 is 2.58 bits per heavy atom.